The number of hydrogen-bond acceptors (Lipinski definition) is 4. The molecule has 13 rings (SSSR count). The van der Waals surface area contributed by atoms with Crippen molar-refractivity contribution in [2.24, 2.45) is 82.9 Å². The Bertz CT molecular complexity index is 1470. The molecular formula is C56H89NO2S. The molecule has 13 aliphatic rings. The lowest BCUT2D eigenvalue weighted by Gasteiger charge is -2.52. The van der Waals surface area contributed by atoms with Crippen LogP contribution in [-0.4, -0.2) is 57.9 Å². The van der Waals surface area contributed by atoms with Crippen LogP contribution in [0.15, 0.2) is 0 Å². The highest BCUT2D eigenvalue weighted by Gasteiger charge is 2.60. The van der Waals surface area contributed by atoms with Crippen molar-refractivity contribution in [1.82, 2.24) is 4.90 Å². The summed E-state index contributed by atoms with van der Waals surface area (Å²) in [5, 5.41) is 1.92. The summed E-state index contributed by atoms with van der Waals surface area (Å²) in [6, 6.07) is 2.51. The molecule has 0 N–H and O–H groups in total. The normalized spacial score (nSPS) is 56.2. The molecule has 0 aromatic rings. The molecule has 10 aliphatic carbocycles. The number of nitrogens with zero attached hydrogens (tertiary/aromatic N) is 1. The monoisotopic (exact) mass is 840 g/mol. The molecule has 0 aromatic carbocycles. The van der Waals surface area contributed by atoms with Crippen LogP contribution in [-0.2, 0) is 9.47 Å². The van der Waals surface area contributed by atoms with Crippen molar-refractivity contribution in [3.05, 3.63) is 0 Å². The quantitative estimate of drug-likeness (QED) is 0.275. The van der Waals surface area contributed by atoms with Crippen LogP contribution in [0.4, 0.5) is 0 Å². The Morgan fingerprint density at radius 2 is 0.750 bits per heavy atom. The largest absolute Gasteiger partial charge is 0.374 e. The third kappa shape index (κ3) is 7.07. The van der Waals surface area contributed by atoms with E-state index in [1.165, 1.54) is 135 Å². The lowest BCUT2D eigenvalue weighted by atomic mass is 9.59. The summed E-state index contributed by atoms with van der Waals surface area (Å²) in [6.45, 7) is 0. The highest BCUT2D eigenvalue weighted by molar-refractivity contribution is 8.00. The summed E-state index contributed by atoms with van der Waals surface area (Å²) < 4.78 is 14.2. The SMILES string of the molecule is C1CCC2C(C1)CCCC2C1CCC(N(C2CCC(C3CCCC4C5CCC6OC7CCCCC7C6C5SC34)CC2)C2CCC3C(C2)OC2CCC4CCCCC4C23)CC1. The van der Waals surface area contributed by atoms with E-state index >= 15 is 0 Å². The van der Waals surface area contributed by atoms with Gasteiger partial charge in [-0.1, -0.05) is 70.6 Å². The van der Waals surface area contributed by atoms with Crippen LogP contribution < -0.4 is 0 Å². The van der Waals surface area contributed by atoms with Gasteiger partial charge in [0.15, 0.2) is 0 Å². The van der Waals surface area contributed by atoms with E-state index in [1.807, 2.05) is 0 Å². The van der Waals surface area contributed by atoms with Gasteiger partial charge in [-0.15, -0.1) is 0 Å². The minimum atomic E-state index is 0.580. The van der Waals surface area contributed by atoms with Crippen molar-refractivity contribution in [1.29, 1.82) is 0 Å². The second-order valence-corrected chi connectivity index (χ2v) is 26.8. The van der Waals surface area contributed by atoms with Crippen molar-refractivity contribution >= 4 is 11.8 Å². The van der Waals surface area contributed by atoms with E-state index in [1.54, 1.807) is 77.0 Å². The third-order valence-corrected chi connectivity index (χ3v) is 25.3. The number of hydrogen-bond donors (Lipinski definition) is 0. The first kappa shape index (κ1) is 40.5. The summed E-state index contributed by atoms with van der Waals surface area (Å²) in [6.07, 6.45) is 52.3. The molecule has 4 heteroatoms. The molecule has 10 saturated carbocycles. The van der Waals surface area contributed by atoms with Gasteiger partial charge in [0, 0.05) is 34.5 Å². The average molecular weight is 840 g/mol. The molecule has 3 heterocycles. The molecule has 3 saturated heterocycles. The number of rotatable bonds is 5. The van der Waals surface area contributed by atoms with Crippen LogP contribution in [0.2, 0.25) is 0 Å². The smallest absolute Gasteiger partial charge is 0.0625 e. The zero-order valence-electron chi connectivity index (χ0n) is 38.3. The minimum absolute atomic E-state index is 0.580. The van der Waals surface area contributed by atoms with Gasteiger partial charge >= 0.3 is 0 Å². The Balaban J connectivity index is 0.706. The van der Waals surface area contributed by atoms with E-state index in [9.17, 15) is 0 Å². The van der Waals surface area contributed by atoms with Crippen molar-refractivity contribution in [3.8, 4) is 0 Å². The van der Waals surface area contributed by atoms with Crippen LogP contribution in [0.3, 0.4) is 0 Å². The lowest BCUT2D eigenvalue weighted by Crippen LogP contribution is -2.55. The number of fused-ring (bicyclic) bond motifs is 13. The molecule has 3 nitrogen and oxygen atoms in total. The van der Waals surface area contributed by atoms with Crippen molar-refractivity contribution in [2.75, 3.05) is 0 Å². The highest BCUT2D eigenvalue weighted by Crippen LogP contribution is 2.64. The van der Waals surface area contributed by atoms with Gasteiger partial charge in [-0.25, -0.2) is 0 Å². The molecule has 3 aliphatic heterocycles. The van der Waals surface area contributed by atoms with Gasteiger partial charge in [-0.05, 0) is 218 Å². The van der Waals surface area contributed by atoms with Gasteiger partial charge in [-0.3, -0.25) is 4.90 Å². The molecule has 0 spiro atoms. The van der Waals surface area contributed by atoms with Gasteiger partial charge in [0.25, 0.3) is 0 Å². The molecule has 336 valence electrons. The standard InChI is InChI=1S/C56H89NO2S/c1-3-12-41-34(9-1)11-7-15-42(41)36-19-24-38(25-20-36)57(40-28-29-48-52(33-40)59-50-31-23-35-10-2-4-13-43(35)53(48)50)39-26-21-37(22-27-39)44-16-8-17-45-46-30-32-51-54(56(46)60-55(44)45)47-14-5-6-18-49(47)58-51/h34-56H,1-33H2. The zero-order chi connectivity index (χ0) is 39.3. The van der Waals surface area contributed by atoms with Crippen LogP contribution in [0.25, 0.3) is 0 Å². The predicted molar refractivity (Wildman–Crippen MR) is 247 cm³/mol. The summed E-state index contributed by atoms with van der Waals surface area (Å²) >= 11 is 2.60. The summed E-state index contributed by atoms with van der Waals surface area (Å²) in [7, 11) is 0. The fourth-order valence-electron chi connectivity index (χ4n) is 21.1. The highest BCUT2D eigenvalue weighted by atomic mass is 32.2. The first-order valence-electron chi connectivity index (χ1n) is 28.5. The number of ether oxygens (including phenoxy) is 2. The third-order valence-electron chi connectivity index (χ3n) is 23.4. The predicted octanol–water partition coefficient (Wildman–Crippen LogP) is 14.0. The van der Waals surface area contributed by atoms with Gasteiger partial charge in [0.05, 0.1) is 24.4 Å². The van der Waals surface area contributed by atoms with Crippen LogP contribution in [0, 0.1) is 82.9 Å². The molecule has 0 aromatic heterocycles. The summed E-state index contributed by atoms with van der Waals surface area (Å²) in [5.74, 6) is 14.1. The molecule has 19 unspecified atom stereocenters. The van der Waals surface area contributed by atoms with Crippen LogP contribution in [0.1, 0.15) is 212 Å². The van der Waals surface area contributed by atoms with E-state index in [2.05, 4.69) is 16.7 Å². The van der Waals surface area contributed by atoms with Crippen molar-refractivity contribution in [3.63, 3.8) is 0 Å². The maximum atomic E-state index is 7.32. The lowest BCUT2D eigenvalue weighted by molar-refractivity contribution is -0.0532. The summed E-state index contributed by atoms with van der Waals surface area (Å²) in [5.41, 5.74) is 0. The Hall–Kier alpha value is 0.230. The summed E-state index contributed by atoms with van der Waals surface area (Å²) in [4.78, 5) is 3.37. The van der Waals surface area contributed by atoms with E-state index in [0.29, 0.717) is 24.4 Å². The molecule has 60 heavy (non-hydrogen) atoms. The molecule has 0 radical (unpaired) electrons. The topological polar surface area (TPSA) is 21.7 Å². The van der Waals surface area contributed by atoms with Crippen LogP contribution in [0.5, 0.6) is 0 Å². The van der Waals surface area contributed by atoms with Crippen molar-refractivity contribution in [2.45, 2.75) is 265 Å². The fourth-order valence-corrected chi connectivity index (χ4v) is 23.7. The molecule has 13 fully saturated rings. The maximum Gasteiger partial charge on any atom is 0.0625 e. The second-order valence-electron chi connectivity index (χ2n) is 25.4. The fraction of sp³-hybridized carbons (Fsp3) is 1.00. The Morgan fingerprint density at radius 1 is 0.283 bits per heavy atom. The minimum Gasteiger partial charge on any atom is -0.374 e. The Morgan fingerprint density at radius 3 is 1.55 bits per heavy atom. The average Bonchev–Trinajstić information content (AvgIpc) is 4.01. The molecule has 19 atom stereocenters. The van der Waals surface area contributed by atoms with Gasteiger partial charge in [0.2, 0.25) is 0 Å². The van der Waals surface area contributed by atoms with E-state index in [-0.39, 0.29) is 0 Å². The van der Waals surface area contributed by atoms with E-state index in [4.69, 9.17) is 9.47 Å². The second kappa shape index (κ2) is 17.1. The van der Waals surface area contributed by atoms with Crippen molar-refractivity contribution < 1.29 is 9.47 Å². The van der Waals surface area contributed by atoms with Crippen LogP contribution >= 0.6 is 11.8 Å². The Labute approximate surface area is 372 Å². The van der Waals surface area contributed by atoms with Gasteiger partial charge < -0.3 is 9.47 Å². The Kier molecular flexibility index (Phi) is 11.6. The first-order valence-corrected chi connectivity index (χ1v) is 29.4. The van der Waals surface area contributed by atoms with Gasteiger partial charge in [0.1, 0.15) is 0 Å². The van der Waals surface area contributed by atoms with E-state index in [0.717, 1.165) is 111 Å². The van der Waals surface area contributed by atoms with E-state index < -0.39 is 0 Å². The van der Waals surface area contributed by atoms with Gasteiger partial charge in [-0.2, -0.15) is 11.8 Å². The molecule has 0 amide bonds. The maximum absolute atomic E-state index is 7.32. The first-order chi connectivity index (χ1) is 29.7. The molecule has 0 bridgehead atoms. The number of thioether (sulfide) groups is 1. The molecular weight excluding hydrogens is 751 g/mol. The zero-order valence-corrected chi connectivity index (χ0v) is 39.1.